The maximum atomic E-state index is 12.5. The molecule has 2 nitrogen and oxygen atoms in total. The Kier molecular flexibility index (Phi) is 6.35. The summed E-state index contributed by atoms with van der Waals surface area (Å²) in [6, 6.07) is 25.2. The third-order valence-corrected chi connectivity index (χ3v) is 5.59. The van der Waals surface area contributed by atoms with Crippen LogP contribution in [0, 0.1) is 0 Å². The van der Waals surface area contributed by atoms with E-state index in [1.165, 1.54) is 16.3 Å². The fourth-order valence-corrected chi connectivity index (χ4v) is 3.88. The maximum absolute atomic E-state index is 12.5. The van der Waals surface area contributed by atoms with Crippen LogP contribution in [0.3, 0.4) is 0 Å². The molecule has 0 aliphatic heterocycles. The lowest BCUT2D eigenvalue weighted by atomic mass is 10.1. The zero-order valence-corrected chi connectivity index (χ0v) is 16.1. The Balaban J connectivity index is 1.51. The lowest BCUT2D eigenvalue weighted by molar-refractivity contribution is -0.120. The largest absolute Gasteiger partial charge is 0.353 e. The number of hydrogen-bond donors (Lipinski definition) is 1. The van der Waals surface area contributed by atoms with Gasteiger partial charge in [0.2, 0.25) is 5.91 Å². The summed E-state index contributed by atoms with van der Waals surface area (Å²) in [7, 11) is 0. The molecule has 3 aromatic rings. The van der Waals surface area contributed by atoms with Crippen LogP contribution >= 0.6 is 11.8 Å². The Morgan fingerprint density at radius 3 is 2.38 bits per heavy atom. The predicted octanol–water partition coefficient (Wildman–Crippen LogP) is 5.46. The van der Waals surface area contributed by atoms with Crippen LogP contribution in [0.1, 0.15) is 25.8 Å². The topological polar surface area (TPSA) is 29.1 Å². The van der Waals surface area contributed by atoms with Crippen molar-refractivity contribution in [1.82, 2.24) is 5.32 Å². The van der Waals surface area contributed by atoms with Crippen LogP contribution in [0.5, 0.6) is 0 Å². The minimum absolute atomic E-state index is 0.101. The van der Waals surface area contributed by atoms with Crippen LogP contribution < -0.4 is 5.32 Å². The van der Waals surface area contributed by atoms with Gasteiger partial charge in [-0.3, -0.25) is 4.79 Å². The monoisotopic (exact) mass is 363 g/mol. The van der Waals surface area contributed by atoms with Crippen molar-refractivity contribution in [3.05, 3.63) is 78.4 Å². The highest BCUT2D eigenvalue weighted by Crippen LogP contribution is 2.27. The molecule has 3 heteroatoms. The van der Waals surface area contributed by atoms with Gasteiger partial charge in [0.1, 0.15) is 0 Å². The highest BCUT2D eigenvalue weighted by molar-refractivity contribution is 8.00. The van der Waals surface area contributed by atoms with Crippen molar-refractivity contribution >= 4 is 28.4 Å². The molecule has 0 unspecified atom stereocenters. The maximum Gasteiger partial charge on any atom is 0.233 e. The van der Waals surface area contributed by atoms with Gasteiger partial charge < -0.3 is 5.32 Å². The molecule has 0 aliphatic carbocycles. The Hall–Kier alpha value is -2.26. The molecule has 1 N–H and O–H groups in total. The van der Waals surface area contributed by atoms with E-state index in [-0.39, 0.29) is 17.2 Å². The van der Waals surface area contributed by atoms with E-state index in [1.807, 2.05) is 25.1 Å². The van der Waals surface area contributed by atoms with Gasteiger partial charge in [-0.2, -0.15) is 0 Å². The van der Waals surface area contributed by atoms with Crippen molar-refractivity contribution in [2.75, 3.05) is 0 Å². The summed E-state index contributed by atoms with van der Waals surface area (Å²) in [4.78, 5) is 13.6. The van der Waals surface area contributed by atoms with Gasteiger partial charge in [-0.25, -0.2) is 0 Å². The van der Waals surface area contributed by atoms with E-state index in [0.717, 1.165) is 17.7 Å². The van der Waals surface area contributed by atoms with Crippen molar-refractivity contribution in [3.63, 3.8) is 0 Å². The standard InChI is InChI=1S/C23H25NOS/c1-17(12-13-19-8-4-3-5-9-19)24-23(25)18(2)26-22-15-14-20-10-6-7-11-21(20)16-22/h3-11,14-18H,12-13H2,1-2H3,(H,24,25)/t17-,18+/m0/s1. The van der Waals surface area contributed by atoms with Crippen molar-refractivity contribution in [2.45, 2.75) is 42.9 Å². The molecule has 0 aromatic heterocycles. The average Bonchev–Trinajstić information content (AvgIpc) is 2.67. The second kappa shape index (κ2) is 8.91. The number of benzene rings is 3. The molecule has 26 heavy (non-hydrogen) atoms. The number of hydrogen-bond acceptors (Lipinski definition) is 2. The van der Waals surface area contributed by atoms with E-state index in [4.69, 9.17) is 0 Å². The van der Waals surface area contributed by atoms with Gasteiger partial charge in [0.05, 0.1) is 5.25 Å². The summed E-state index contributed by atoms with van der Waals surface area (Å²) in [5.74, 6) is 0.101. The van der Waals surface area contributed by atoms with E-state index < -0.39 is 0 Å². The summed E-state index contributed by atoms with van der Waals surface area (Å²) < 4.78 is 0. The minimum atomic E-state index is -0.115. The number of carbonyl (C=O) groups is 1. The zero-order valence-electron chi connectivity index (χ0n) is 15.3. The van der Waals surface area contributed by atoms with Gasteiger partial charge >= 0.3 is 0 Å². The highest BCUT2D eigenvalue weighted by atomic mass is 32.2. The summed E-state index contributed by atoms with van der Waals surface area (Å²) in [6.45, 7) is 4.05. The SMILES string of the molecule is C[C@@H](CCc1ccccc1)NC(=O)[C@@H](C)Sc1ccc2ccccc2c1. The molecule has 0 bridgehead atoms. The van der Waals surface area contributed by atoms with Crippen LogP contribution in [-0.2, 0) is 11.2 Å². The molecule has 0 heterocycles. The van der Waals surface area contributed by atoms with Crippen LogP contribution in [0.2, 0.25) is 0 Å². The molecular weight excluding hydrogens is 338 g/mol. The van der Waals surface area contributed by atoms with Gasteiger partial charge in [0.25, 0.3) is 0 Å². The van der Waals surface area contributed by atoms with E-state index in [2.05, 4.69) is 66.8 Å². The van der Waals surface area contributed by atoms with Crippen LogP contribution in [-0.4, -0.2) is 17.2 Å². The molecule has 0 saturated carbocycles. The molecule has 1 amide bonds. The molecule has 134 valence electrons. The lowest BCUT2D eigenvalue weighted by Gasteiger charge is -2.17. The van der Waals surface area contributed by atoms with Crippen molar-refractivity contribution in [1.29, 1.82) is 0 Å². The number of rotatable bonds is 7. The van der Waals surface area contributed by atoms with Crippen molar-refractivity contribution in [3.8, 4) is 0 Å². The van der Waals surface area contributed by atoms with E-state index in [9.17, 15) is 4.79 Å². The molecule has 0 radical (unpaired) electrons. The first kappa shape index (κ1) is 18.5. The Morgan fingerprint density at radius 2 is 1.62 bits per heavy atom. The smallest absolute Gasteiger partial charge is 0.233 e. The molecule has 3 aromatic carbocycles. The molecule has 0 spiro atoms. The lowest BCUT2D eigenvalue weighted by Crippen LogP contribution is -2.37. The Morgan fingerprint density at radius 1 is 0.923 bits per heavy atom. The molecule has 0 aliphatic rings. The fourth-order valence-electron chi connectivity index (χ4n) is 2.96. The summed E-state index contributed by atoms with van der Waals surface area (Å²) in [5, 5.41) is 5.47. The third kappa shape index (κ3) is 5.12. The normalized spacial score (nSPS) is 13.3. The van der Waals surface area contributed by atoms with Gasteiger partial charge in [-0.15, -0.1) is 11.8 Å². The first-order chi connectivity index (χ1) is 12.6. The van der Waals surface area contributed by atoms with Crippen LogP contribution in [0.25, 0.3) is 10.8 Å². The number of nitrogens with one attached hydrogen (secondary N) is 1. The second-order valence-corrected chi connectivity index (χ2v) is 8.12. The first-order valence-electron chi connectivity index (χ1n) is 9.11. The van der Waals surface area contributed by atoms with Gasteiger partial charge in [-0.05, 0) is 55.2 Å². The quantitative estimate of drug-likeness (QED) is 0.565. The van der Waals surface area contributed by atoms with Gasteiger partial charge in [-0.1, -0.05) is 60.7 Å². The Labute approximate surface area is 160 Å². The number of carbonyl (C=O) groups excluding carboxylic acids is 1. The first-order valence-corrected chi connectivity index (χ1v) is 9.99. The zero-order chi connectivity index (χ0) is 18.4. The number of thioether (sulfide) groups is 1. The molecule has 0 fully saturated rings. The van der Waals surface area contributed by atoms with Crippen molar-refractivity contribution < 1.29 is 4.79 Å². The summed E-state index contributed by atoms with van der Waals surface area (Å²) in [6.07, 6.45) is 1.93. The summed E-state index contributed by atoms with van der Waals surface area (Å²) >= 11 is 1.61. The van der Waals surface area contributed by atoms with E-state index in [1.54, 1.807) is 11.8 Å². The van der Waals surface area contributed by atoms with E-state index in [0.29, 0.717) is 0 Å². The van der Waals surface area contributed by atoms with Gasteiger partial charge in [0.15, 0.2) is 0 Å². The molecule has 0 saturated heterocycles. The predicted molar refractivity (Wildman–Crippen MR) is 112 cm³/mol. The van der Waals surface area contributed by atoms with Crippen LogP contribution in [0.15, 0.2) is 77.7 Å². The second-order valence-electron chi connectivity index (χ2n) is 6.70. The molecule has 3 rings (SSSR count). The van der Waals surface area contributed by atoms with Gasteiger partial charge in [0, 0.05) is 10.9 Å². The Bertz CT molecular complexity index is 862. The third-order valence-electron chi connectivity index (χ3n) is 4.50. The van der Waals surface area contributed by atoms with Crippen LogP contribution in [0.4, 0.5) is 0 Å². The van der Waals surface area contributed by atoms with Crippen molar-refractivity contribution in [2.24, 2.45) is 0 Å². The highest BCUT2D eigenvalue weighted by Gasteiger charge is 2.16. The fraction of sp³-hybridized carbons (Fsp3) is 0.261. The molecule has 2 atom stereocenters. The molecular formula is C23H25NOS. The number of aryl methyl sites for hydroxylation is 1. The average molecular weight is 364 g/mol. The number of amides is 1. The minimum Gasteiger partial charge on any atom is -0.353 e. The summed E-state index contributed by atoms with van der Waals surface area (Å²) in [5.41, 5.74) is 1.31. The number of fused-ring (bicyclic) bond motifs is 1. The van der Waals surface area contributed by atoms with E-state index >= 15 is 0 Å².